The van der Waals surface area contributed by atoms with Gasteiger partial charge in [-0.3, -0.25) is 0 Å². The molecule has 11 aromatic rings. The number of thiophene rings is 2. The molecular formula is C46H27N3S2. The fraction of sp³-hybridized carbons (Fsp3) is 0. The van der Waals surface area contributed by atoms with Gasteiger partial charge in [0.15, 0.2) is 5.82 Å². The summed E-state index contributed by atoms with van der Waals surface area (Å²) in [5, 5.41) is 7.96. The normalized spacial score (nSPS) is 11.9. The number of benzene rings is 7. The molecule has 0 bridgehead atoms. The van der Waals surface area contributed by atoms with Gasteiger partial charge in [-0.2, -0.15) is 0 Å². The summed E-state index contributed by atoms with van der Waals surface area (Å²) in [6, 6.07) is 58.3. The second kappa shape index (κ2) is 11.2. The summed E-state index contributed by atoms with van der Waals surface area (Å²) in [5.41, 5.74) is 8.52. The van der Waals surface area contributed by atoms with Gasteiger partial charge in [0.05, 0.1) is 27.1 Å². The molecule has 238 valence electrons. The van der Waals surface area contributed by atoms with Crippen LogP contribution < -0.4 is 0 Å². The van der Waals surface area contributed by atoms with E-state index in [9.17, 15) is 0 Å². The molecule has 0 spiro atoms. The first kappa shape index (κ1) is 28.7. The van der Waals surface area contributed by atoms with Crippen LogP contribution >= 0.6 is 22.7 Å². The molecule has 3 nitrogen and oxygen atoms in total. The third-order valence-electron chi connectivity index (χ3n) is 10.0. The minimum atomic E-state index is 0.710. The molecule has 0 aliphatic heterocycles. The molecule has 0 aliphatic rings. The number of fused-ring (bicyclic) bond motifs is 12. The molecule has 51 heavy (non-hydrogen) atoms. The number of nitrogens with zero attached hydrogens (tertiary/aromatic N) is 3. The topological polar surface area (TPSA) is 30.7 Å². The van der Waals surface area contributed by atoms with Gasteiger partial charge in [0.2, 0.25) is 0 Å². The Morgan fingerprint density at radius 1 is 0.412 bits per heavy atom. The van der Waals surface area contributed by atoms with Gasteiger partial charge in [0.25, 0.3) is 0 Å². The summed E-state index contributed by atoms with van der Waals surface area (Å²) in [4.78, 5) is 10.2. The van der Waals surface area contributed by atoms with Crippen LogP contribution in [-0.4, -0.2) is 14.5 Å². The highest BCUT2D eigenvalue weighted by atomic mass is 32.1. The Kier molecular flexibility index (Phi) is 6.29. The molecule has 5 heteroatoms. The SMILES string of the molecule is c1ccc(-c2cc(-c3ccccc3)nc(-c3ccc(-n4c5ccccc5c5c6c7ccccc7sc6c6c7ccccc7sc6c54)cc3)n2)cc1. The van der Waals surface area contributed by atoms with Crippen LogP contribution in [0.25, 0.3) is 102 Å². The highest BCUT2D eigenvalue weighted by Gasteiger charge is 2.24. The highest BCUT2D eigenvalue weighted by molar-refractivity contribution is 7.30. The Morgan fingerprint density at radius 2 is 0.941 bits per heavy atom. The third-order valence-corrected chi connectivity index (χ3v) is 12.4. The van der Waals surface area contributed by atoms with Crippen molar-refractivity contribution in [2.24, 2.45) is 0 Å². The molecular weight excluding hydrogens is 659 g/mol. The van der Waals surface area contributed by atoms with Gasteiger partial charge < -0.3 is 4.57 Å². The summed E-state index contributed by atoms with van der Waals surface area (Å²) in [7, 11) is 0. The lowest BCUT2D eigenvalue weighted by Gasteiger charge is -2.12. The zero-order valence-corrected chi connectivity index (χ0v) is 28.9. The van der Waals surface area contributed by atoms with Crippen molar-refractivity contribution in [1.29, 1.82) is 0 Å². The van der Waals surface area contributed by atoms with Crippen LogP contribution in [0.5, 0.6) is 0 Å². The standard InChI is InChI=1S/C46H27N3S2/c1-3-13-28(14-4-1)35-27-36(29-15-5-2-6-16-29)48-46(47-35)30-23-25-31(26-24-30)49-37-20-10-7-17-32(37)40-41-33-18-8-11-21-38(33)50-44(41)42-34-19-9-12-22-39(34)51-45(42)43(40)49/h1-27H. The van der Waals surface area contributed by atoms with E-state index >= 15 is 0 Å². The van der Waals surface area contributed by atoms with Crippen molar-refractivity contribution in [3.05, 3.63) is 164 Å². The quantitative estimate of drug-likeness (QED) is 0.185. The van der Waals surface area contributed by atoms with E-state index in [1.54, 1.807) is 0 Å². The first-order valence-corrected chi connectivity index (χ1v) is 18.7. The van der Waals surface area contributed by atoms with Gasteiger partial charge in [-0.1, -0.05) is 115 Å². The summed E-state index contributed by atoms with van der Waals surface area (Å²) >= 11 is 3.83. The zero-order valence-electron chi connectivity index (χ0n) is 27.2. The van der Waals surface area contributed by atoms with Crippen molar-refractivity contribution in [2.45, 2.75) is 0 Å². The molecule has 11 rings (SSSR count). The Morgan fingerprint density at radius 3 is 1.59 bits per heavy atom. The number of para-hydroxylation sites is 1. The smallest absolute Gasteiger partial charge is 0.160 e. The van der Waals surface area contributed by atoms with E-state index in [-0.39, 0.29) is 0 Å². The summed E-state index contributed by atoms with van der Waals surface area (Å²) in [5.74, 6) is 0.710. The minimum absolute atomic E-state index is 0.710. The van der Waals surface area contributed by atoms with Crippen molar-refractivity contribution in [3.8, 4) is 39.6 Å². The van der Waals surface area contributed by atoms with E-state index in [0.29, 0.717) is 5.82 Å². The van der Waals surface area contributed by atoms with Gasteiger partial charge in [-0.25, -0.2) is 9.97 Å². The van der Waals surface area contributed by atoms with Crippen molar-refractivity contribution >= 4 is 84.8 Å². The fourth-order valence-electron chi connectivity index (χ4n) is 7.73. The second-order valence-electron chi connectivity index (χ2n) is 12.9. The Hall–Kier alpha value is -6.14. The molecule has 0 saturated carbocycles. The van der Waals surface area contributed by atoms with Crippen LogP contribution in [0.3, 0.4) is 0 Å². The predicted octanol–water partition coefficient (Wildman–Crippen LogP) is 13.3. The average molecular weight is 686 g/mol. The lowest BCUT2D eigenvalue weighted by Crippen LogP contribution is -1.97. The maximum absolute atomic E-state index is 5.10. The Labute approximate surface area is 301 Å². The zero-order chi connectivity index (χ0) is 33.5. The molecule has 0 N–H and O–H groups in total. The third kappa shape index (κ3) is 4.35. The molecule has 0 atom stereocenters. The van der Waals surface area contributed by atoms with Gasteiger partial charge >= 0.3 is 0 Å². The summed E-state index contributed by atoms with van der Waals surface area (Å²) in [6.45, 7) is 0. The monoisotopic (exact) mass is 685 g/mol. The van der Waals surface area contributed by atoms with Gasteiger partial charge in [-0.05, 0) is 48.5 Å². The summed E-state index contributed by atoms with van der Waals surface area (Å²) < 4.78 is 7.83. The van der Waals surface area contributed by atoms with E-state index in [1.807, 2.05) is 34.8 Å². The maximum Gasteiger partial charge on any atom is 0.160 e. The first-order chi connectivity index (χ1) is 25.3. The number of aromatic nitrogens is 3. The Balaban J connectivity index is 1.18. The van der Waals surface area contributed by atoms with E-state index in [2.05, 4.69) is 156 Å². The molecule has 0 aliphatic carbocycles. The van der Waals surface area contributed by atoms with Crippen LogP contribution in [0.4, 0.5) is 0 Å². The fourth-order valence-corrected chi connectivity index (χ4v) is 10.3. The molecule has 7 aromatic carbocycles. The van der Waals surface area contributed by atoms with Gasteiger partial charge in [0, 0.05) is 68.8 Å². The van der Waals surface area contributed by atoms with E-state index in [0.717, 1.165) is 33.8 Å². The Bertz CT molecular complexity index is 3060. The van der Waals surface area contributed by atoms with Gasteiger partial charge in [-0.15, -0.1) is 22.7 Å². The number of hydrogen-bond donors (Lipinski definition) is 0. The van der Waals surface area contributed by atoms with Crippen LogP contribution in [0.15, 0.2) is 164 Å². The molecule has 0 amide bonds. The largest absolute Gasteiger partial charge is 0.308 e. The average Bonchev–Trinajstić information content (AvgIpc) is 3.88. The minimum Gasteiger partial charge on any atom is -0.308 e. The van der Waals surface area contributed by atoms with Crippen LogP contribution in [0.2, 0.25) is 0 Å². The number of rotatable bonds is 4. The summed E-state index contributed by atoms with van der Waals surface area (Å²) in [6.07, 6.45) is 0. The molecule has 0 fully saturated rings. The molecule has 0 radical (unpaired) electrons. The predicted molar refractivity (Wildman–Crippen MR) is 218 cm³/mol. The van der Waals surface area contributed by atoms with Crippen molar-refractivity contribution in [3.63, 3.8) is 0 Å². The number of hydrogen-bond acceptors (Lipinski definition) is 4. The van der Waals surface area contributed by atoms with E-state index in [1.165, 1.54) is 62.2 Å². The molecule has 0 saturated heterocycles. The van der Waals surface area contributed by atoms with Crippen LogP contribution in [0.1, 0.15) is 0 Å². The van der Waals surface area contributed by atoms with E-state index in [4.69, 9.17) is 9.97 Å². The molecule has 0 unspecified atom stereocenters. The van der Waals surface area contributed by atoms with Crippen molar-refractivity contribution < 1.29 is 0 Å². The first-order valence-electron chi connectivity index (χ1n) is 17.1. The lowest BCUT2D eigenvalue weighted by molar-refractivity contribution is 1.17. The van der Waals surface area contributed by atoms with E-state index < -0.39 is 0 Å². The highest BCUT2D eigenvalue weighted by Crippen LogP contribution is 2.52. The van der Waals surface area contributed by atoms with Gasteiger partial charge in [0.1, 0.15) is 0 Å². The van der Waals surface area contributed by atoms with Crippen molar-refractivity contribution in [2.75, 3.05) is 0 Å². The molecule has 4 aromatic heterocycles. The van der Waals surface area contributed by atoms with Crippen molar-refractivity contribution in [1.82, 2.24) is 14.5 Å². The van der Waals surface area contributed by atoms with Crippen LogP contribution in [-0.2, 0) is 0 Å². The van der Waals surface area contributed by atoms with Crippen LogP contribution in [0, 0.1) is 0 Å². The lowest BCUT2D eigenvalue weighted by atomic mass is 10.0. The second-order valence-corrected chi connectivity index (χ2v) is 15.0. The maximum atomic E-state index is 5.10. The molecule has 4 heterocycles.